The summed E-state index contributed by atoms with van der Waals surface area (Å²) in [6.07, 6.45) is -0.205. The summed E-state index contributed by atoms with van der Waals surface area (Å²) < 4.78 is 4.79. The summed E-state index contributed by atoms with van der Waals surface area (Å²) in [5, 5.41) is 6.00. The van der Waals surface area contributed by atoms with Crippen LogP contribution in [-0.2, 0) is 16.0 Å². The second-order valence-electron chi connectivity index (χ2n) is 8.42. The minimum Gasteiger partial charge on any atom is -0.453 e. The van der Waals surface area contributed by atoms with Crippen molar-refractivity contribution in [3.63, 3.8) is 0 Å². The average molecular weight is 466 g/mol. The van der Waals surface area contributed by atoms with Crippen molar-refractivity contribution in [3.8, 4) is 0 Å². The highest BCUT2D eigenvalue weighted by Crippen LogP contribution is 2.29. The van der Waals surface area contributed by atoms with Gasteiger partial charge in [0.2, 0.25) is 5.91 Å². The number of hydrogen-bond acceptors (Lipinski definition) is 6. The van der Waals surface area contributed by atoms with E-state index in [9.17, 15) is 14.4 Å². The van der Waals surface area contributed by atoms with Gasteiger partial charge in [-0.05, 0) is 23.8 Å². The monoisotopic (exact) mass is 465 g/mol. The Morgan fingerprint density at radius 3 is 2.29 bits per heavy atom. The molecule has 2 aliphatic heterocycles. The number of nitrogens with one attached hydrogen (secondary N) is 2. The lowest BCUT2D eigenvalue weighted by molar-refractivity contribution is -0.130. The highest BCUT2D eigenvalue weighted by atomic mass is 16.5. The summed E-state index contributed by atoms with van der Waals surface area (Å²) in [5.41, 5.74) is 2.85. The molecule has 2 heterocycles. The fraction of sp³-hybridized carbons (Fsp3) is 0.400. The van der Waals surface area contributed by atoms with Crippen LogP contribution in [0.15, 0.2) is 48.5 Å². The van der Waals surface area contributed by atoms with Gasteiger partial charge in [0, 0.05) is 57.9 Å². The number of carbonyl (C=O) groups is 3. The molecule has 2 aliphatic rings. The highest BCUT2D eigenvalue weighted by Gasteiger charge is 2.25. The van der Waals surface area contributed by atoms with E-state index in [1.807, 2.05) is 46.2 Å². The fourth-order valence-electron chi connectivity index (χ4n) is 4.34. The van der Waals surface area contributed by atoms with Crippen LogP contribution in [0, 0.1) is 0 Å². The van der Waals surface area contributed by atoms with Crippen LogP contribution in [0.5, 0.6) is 0 Å². The average Bonchev–Trinajstić information content (AvgIpc) is 2.89. The number of benzene rings is 2. The van der Waals surface area contributed by atoms with Crippen LogP contribution in [0.25, 0.3) is 0 Å². The van der Waals surface area contributed by atoms with Gasteiger partial charge in [-0.3, -0.25) is 14.9 Å². The van der Waals surface area contributed by atoms with E-state index >= 15 is 0 Å². The van der Waals surface area contributed by atoms with Gasteiger partial charge in [-0.15, -0.1) is 0 Å². The van der Waals surface area contributed by atoms with E-state index in [0.29, 0.717) is 56.9 Å². The quantitative estimate of drug-likeness (QED) is 0.700. The zero-order valence-corrected chi connectivity index (χ0v) is 19.5. The van der Waals surface area contributed by atoms with Crippen molar-refractivity contribution in [1.29, 1.82) is 0 Å². The van der Waals surface area contributed by atoms with Crippen molar-refractivity contribution >= 4 is 29.3 Å². The number of rotatable bonds is 5. The molecule has 3 amide bonds. The van der Waals surface area contributed by atoms with Gasteiger partial charge in [0.05, 0.1) is 24.9 Å². The Morgan fingerprint density at radius 1 is 0.912 bits per heavy atom. The highest BCUT2D eigenvalue weighted by molar-refractivity contribution is 5.98. The molecule has 9 nitrogen and oxygen atoms in total. The van der Waals surface area contributed by atoms with Crippen LogP contribution in [0.3, 0.4) is 0 Å². The number of piperazine rings is 2. The van der Waals surface area contributed by atoms with Gasteiger partial charge in [-0.2, -0.15) is 0 Å². The molecule has 0 unspecified atom stereocenters. The number of nitrogens with zero attached hydrogens (tertiary/aromatic N) is 3. The van der Waals surface area contributed by atoms with Crippen molar-refractivity contribution in [1.82, 2.24) is 15.1 Å². The van der Waals surface area contributed by atoms with Gasteiger partial charge in [0.25, 0.3) is 5.91 Å². The van der Waals surface area contributed by atoms with Crippen molar-refractivity contribution in [2.24, 2.45) is 0 Å². The summed E-state index contributed by atoms with van der Waals surface area (Å²) in [6, 6.07) is 15.1. The van der Waals surface area contributed by atoms with Crippen molar-refractivity contribution in [2.45, 2.75) is 6.42 Å². The summed E-state index contributed by atoms with van der Waals surface area (Å²) >= 11 is 0. The second-order valence-corrected chi connectivity index (χ2v) is 8.42. The Hall–Kier alpha value is -3.59. The van der Waals surface area contributed by atoms with E-state index in [4.69, 9.17) is 4.74 Å². The second kappa shape index (κ2) is 11.0. The third kappa shape index (κ3) is 5.66. The number of hydrogen-bond donors (Lipinski definition) is 2. The van der Waals surface area contributed by atoms with Crippen LogP contribution in [0.2, 0.25) is 0 Å². The molecule has 2 N–H and O–H groups in total. The van der Waals surface area contributed by atoms with Crippen molar-refractivity contribution in [3.05, 3.63) is 59.7 Å². The van der Waals surface area contributed by atoms with E-state index in [0.717, 1.165) is 24.3 Å². The zero-order valence-electron chi connectivity index (χ0n) is 19.5. The van der Waals surface area contributed by atoms with Gasteiger partial charge < -0.3 is 24.8 Å². The number of anilines is 2. The van der Waals surface area contributed by atoms with Crippen molar-refractivity contribution < 1.29 is 19.1 Å². The number of carbonyl (C=O) groups excluding carboxylic acids is 3. The maximum Gasteiger partial charge on any atom is 0.411 e. The smallest absolute Gasteiger partial charge is 0.411 e. The Labute approximate surface area is 199 Å². The predicted octanol–water partition coefficient (Wildman–Crippen LogP) is 1.80. The first-order valence-electron chi connectivity index (χ1n) is 11.6. The SMILES string of the molecule is COC(=O)Nc1cc(C(=O)N2CCNCC2)ccc1N1CCN(C(=O)Cc2ccccc2)CC1. The lowest BCUT2D eigenvalue weighted by atomic mass is 10.1. The first kappa shape index (κ1) is 23.6. The lowest BCUT2D eigenvalue weighted by Gasteiger charge is -2.37. The summed E-state index contributed by atoms with van der Waals surface area (Å²) in [7, 11) is 1.31. The molecule has 2 aromatic rings. The minimum absolute atomic E-state index is 0.0581. The standard InChI is InChI=1S/C25H31N5O4/c1-34-25(33)27-21-18-20(24(32)30-11-9-26-10-12-30)7-8-22(21)28-13-15-29(16-14-28)23(31)17-19-5-3-2-4-6-19/h2-8,18,26H,9-17H2,1H3,(H,27,33). The first-order valence-corrected chi connectivity index (χ1v) is 11.6. The Bertz CT molecular complexity index is 1020. The van der Waals surface area contributed by atoms with Gasteiger partial charge in [0.15, 0.2) is 0 Å². The van der Waals surface area contributed by atoms with Crippen LogP contribution >= 0.6 is 0 Å². The Morgan fingerprint density at radius 2 is 1.62 bits per heavy atom. The summed E-state index contributed by atoms with van der Waals surface area (Å²) in [5.74, 6) is 0.0491. The van der Waals surface area contributed by atoms with Crippen LogP contribution in [-0.4, -0.2) is 87.2 Å². The van der Waals surface area contributed by atoms with E-state index < -0.39 is 6.09 Å². The molecule has 0 atom stereocenters. The summed E-state index contributed by atoms with van der Waals surface area (Å²) in [4.78, 5) is 43.5. The molecule has 0 bridgehead atoms. The van der Waals surface area contributed by atoms with Crippen LogP contribution in [0.1, 0.15) is 15.9 Å². The maximum absolute atomic E-state index is 13.0. The van der Waals surface area contributed by atoms with Gasteiger partial charge in [0.1, 0.15) is 0 Å². The third-order valence-corrected chi connectivity index (χ3v) is 6.24. The molecular formula is C25H31N5O4. The van der Waals surface area contributed by atoms with Gasteiger partial charge in [-0.1, -0.05) is 30.3 Å². The lowest BCUT2D eigenvalue weighted by Crippen LogP contribution is -2.49. The van der Waals surface area contributed by atoms with Crippen molar-refractivity contribution in [2.75, 3.05) is 69.7 Å². The molecule has 9 heteroatoms. The van der Waals surface area contributed by atoms with E-state index in [1.54, 1.807) is 12.1 Å². The molecular weight excluding hydrogens is 434 g/mol. The molecule has 0 radical (unpaired) electrons. The predicted molar refractivity (Wildman–Crippen MR) is 130 cm³/mol. The van der Waals surface area contributed by atoms with E-state index in [2.05, 4.69) is 15.5 Å². The number of amides is 3. The largest absolute Gasteiger partial charge is 0.453 e. The summed E-state index contributed by atoms with van der Waals surface area (Å²) in [6.45, 7) is 5.27. The number of methoxy groups -OCH3 is 1. The normalized spacial score (nSPS) is 16.2. The van der Waals surface area contributed by atoms with Crippen LogP contribution < -0.4 is 15.5 Å². The first-order chi connectivity index (χ1) is 16.5. The molecule has 2 fully saturated rings. The maximum atomic E-state index is 13.0. The van der Waals surface area contributed by atoms with E-state index in [-0.39, 0.29) is 11.8 Å². The zero-order chi connectivity index (χ0) is 23.9. The van der Waals surface area contributed by atoms with Gasteiger partial charge >= 0.3 is 6.09 Å². The third-order valence-electron chi connectivity index (χ3n) is 6.24. The molecule has 0 spiro atoms. The minimum atomic E-state index is -0.593. The van der Waals surface area contributed by atoms with Crippen LogP contribution in [0.4, 0.5) is 16.2 Å². The Kier molecular flexibility index (Phi) is 7.64. The molecule has 0 saturated carbocycles. The van der Waals surface area contributed by atoms with E-state index in [1.165, 1.54) is 7.11 Å². The molecule has 2 aromatic carbocycles. The molecule has 2 saturated heterocycles. The molecule has 0 aliphatic carbocycles. The Balaban J connectivity index is 1.45. The molecule has 4 rings (SSSR count). The molecule has 34 heavy (non-hydrogen) atoms. The van der Waals surface area contributed by atoms with Gasteiger partial charge in [-0.25, -0.2) is 4.79 Å². The molecule has 180 valence electrons. The topological polar surface area (TPSA) is 94.2 Å². The number of ether oxygens (including phenoxy) is 1. The molecule has 0 aromatic heterocycles. The fourth-order valence-corrected chi connectivity index (χ4v) is 4.34.